The highest BCUT2D eigenvalue weighted by atomic mass is 32.1. The molecule has 0 amide bonds. The van der Waals surface area contributed by atoms with Crippen LogP contribution in [0, 0.1) is 0 Å². The van der Waals surface area contributed by atoms with Crippen LogP contribution in [0.5, 0.6) is 0 Å². The number of aromatic nitrogens is 2. The van der Waals surface area contributed by atoms with Crippen molar-refractivity contribution < 1.29 is 0 Å². The maximum absolute atomic E-state index is 4.45. The van der Waals surface area contributed by atoms with Gasteiger partial charge in [-0.1, -0.05) is 19.3 Å². The first-order valence-corrected chi connectivity index (χ1v) is 8.23. The summed E-state index contributed by atoms with van der Waals surface area (Å²) >= 11 is 1.87. The molecule has 2 aromatic rings. The predicted octanol–water partition coefficient (Wildman–Crippen LogP) is 4.31. The van der Waals surface area contributed by atoms with Crippen LogP contribution in [0.1, 0.15) is 55.7 Å². The van der Waals surface area contributed by atoms with Crippen LogP contribution in [0.15, 0.2) is 12.4 Å². The zero-order valence-corrected chi connectivity index (χ0v) is 11.9. The molecule has 4 rings (SSSR count). The summed E-state index contributed by atoms with van der Waals surface area (Å²) in [5.41, 5.74) is 0. The van der Waals surface area contributed by atoms with Gasteiger partial charge in [0.15, 0.2) is 0 Å². The van der Waals surface area contributed by atoms with E-state index in [0.29, 0.717) is 6.04 Å². The Morgan fingerprint density at radius 3 is 2.68 bits per heavy atom. The van der Waals surface area contributed by atoms with Gasteiger partial charge in [0.05, 0.1) is 5.39 Å². The van der Waals surface area contributed by atoms with Gasteiger partial charge in [0, 0.05) is 10.9 Å². The fraction of sp³-hybridized carbons (Fsp3) is 0.600. The molecule has 0 spiro atoms. The van der Waals surface area contributed by atoms with Gasteiger partial charge in [-0.05, 0) is 37.7 Å². The van der Waals surface area contributed by atoms with Crippen molar-refractivity contribution in [2.24, 2.45) is 0 Å². The van der Waals surface area contributed by atoms with E-state index >= 15 is 0 Å². The van der Waals surface area contributed by atoms with Crippen LogP contribution in [0.25, 0.3) is 10.2 Å². The lowest BCUT2D eigenvalue weighted by Crippen LogP contribution is -2.03. The number of hydrogen-bond acceptors (Lipinski definition) is 4. The summed E-state index contributed by atoms with van der Waals surface area (Å²) in [7, 11) is 0. The molecule has 4 heteroatoms. The number of hydrogen-bond donors (Lipinski definition) is 1. The minimum Gasteiger partial charge on any atom is -0.367 e. The average Bonchev–Trinajstić information content (AvgIpc) is 3.16. The summed E-state index contributed by atoms with van der Waals surface area (Å²) in [6.07, 6.45) is 11.2. The molecule has 0 saturated heterocycles. The smallest absolute Gasteiger partial charge is 0.138 e. The lowest BCUT2D eigenvalue weighted by molar-refractivity contribution is 0.448. The van der Waals surface area contributed by atoms with E-state index in [1.54, 1.807) is 6.33 Å². The molecule has 0 aliphatic heterocycles. The van der Waals surface area contributed by atoms with Crippen LogP contribution in [0.4, 0.5) is 5.82 Å². The minimum atomic E-state index is 0.649. The van der Waals surface area contributed by atoms with Gasteiger partial charge in [-0.3, -0.25) is 0 Å². The van der Waals surface area contributed by atoms with Crippen molar-refractivity contribution in [3.63, 3.8) is 0 Å². The van der Waals surface area contributed by atoms with Gasteiger partial charge in [0.25, 0.3) is 0 Å². The number of anilines is 1. The highest BCUT2D eigenvalue weighted by molar-refractivity contribution is 7.18. The summed E-state index contributed by atoms with van der Waals surface area (Å²) in [5.74, 6) is 1.81. The molecule has 2 saturated carbocycles. The van der Waals surface area contributed by atoms with Gasteiger partial charge in [-0.15, -0.1) is 11.3 Å². The fourth-order valence-corrected chi connectivity index (χ4v) is 4.17. The van der Waals surface area contributed by atoms with Crippen LogP contribution < -0.4 is 5.32 Å². The maximum atomic E-state index is 4.45. The van der Waals surface area contributed by atoms with Crippen molar-refractivity contribution in [1.29, 1.82) is 0 Å². The van der Waals surface area contributed by atoms with Crippen molar-refractivity contribution in [2.45, 2.75) is 56.9 Å². The van der Waals surface area contributed by atoms with Gasteiger partial charge in [0.2, 0.25) is 0 Å². The number of thiophene rings is 1. The number of fused-ring (bicyclic) bond motifs is 1. The van der Waals surface area contributed by atoms with Crippen LogP contribution in [-0.2, 0) is 0 Å². The quantitative estimate of drug-likeness (QED) is 0.905. The van der Waals surface area contributed by atoms with Gasteiger partial charge < -0.3 is 5.32 Å². The van der Waals surface area contributed by atoms with E-state index in [1.807, 2.05) is 11.3 Å². The van der Waals surface area contributed by atoms with Crippen LogP contribution >= 0.6 is 11.3 Å². The molecule has 1 N–H and O–H groups in total. The Bertz CT molecular complexity index is 582. The molecule has 100 valence electrons. The highest BCUT2D eigenvalue weighted by Gasteiger charge is 2.24. The standard InChI is InChI=1S/C15H19N3S/c1-2-4-10(5-3-1)13-8-12-14(18-11-6-7-11)16-9-17-15(12)19-13/h8-11H,1-7H2,(H,16,17,18). The Kier molecular flexibility index (Phi) is 2.91. The topological polar surface area (TPSA) is 37.8 Å². The van der Waals surface area contributed by atoms with Gasteiger partial charge in [-0.25, -0.2) is 9.97 Å². The Morgan fingerprint density at radius 2 is 1.89 bits per heavy atom. The summed E-state index contributed by atoms with van der Waals surface area (Å²) in [6.45, 7) is 0. The Labute approximate surface area is 117 Å². The molecule has 3 nitrogen and oxygen atoms in total. The second-order valence-electron chi connectivity index (χ2n) is 5.84. The van der Waals surface area contributed by atoms with E-state index < -0.39 is 0 Å². The number of rotatable bonds is 3. The molecule has 19 heavy (non-hydrogen) atoms. The molecule has 2 heterocycles. The van der Waals surface area contributed by atoms with E-state index in [-0.39, 0.29) is 0 Å². The molecule has 2 aromatic heterocycles. The molecule has 0 unspecified atom stereocenters. The fourth-order valence-electron chi connectivity index (χ4n) is 3.00. The molecule has 2 aliphatic carbocycles. The Hall–Kier alpha value is -1.16. The van der Waals surface area contributed by atoms with E-state index in [9.17, 15) is 0 Å². The molecule has 0 atom stereocenters. The number of nitrogens with one attached hydrogen (secondary N) is 1. The van der Waals surface area contributed by atoms with Crippen LogP contribution in [0.3, 0.4) is 0 Å². The first-order chi connectivity index (χ1) is 9.40. The highest BCUT2D eigenvalue weighted by Crippen LogP contribution is 2.40. The second-order valence-corrected chi connectivity index (χ2v) is 6.91. The van der Waals surface area contributed by atoms with Crippen LogP contribution in [-0.4, -0.2) is 16.0 Å². The Balaban J connectivity index is 1.68. The molecular formula is C15H19N3S. The van der Waals surface area contributed by atoms with Crippen molar-refractivity contribution in [3.8, 4) is 0 Å². The third-order valence-electron chi connectivity index (χ3n) is 4.27. The molecule has 0 bridgehead atoms. The minimum absolute atomic E-state index is 0.649. The normalized spacial score (nSPS) is 20.8. The third-order valence-corrected chi connectivity index (χ3v) is 5.48. The molecule has 0 radical (unpaired) electrons. The summed E-state index contributed by atoms with van der Waals surface area (Å²) < 4.78 is 0. The maximum Gasteiger partial charge on any atom is 0.138 e. The molecule has 2 aliphatic rings. The lowest BCUT2D eigenvalue weighted by atomic mass is 9.88. The summed E-state index contributed by atoms with van der Waals surface area (Å²) in [5, 5.41) is 4.77. The van der Waals surface area contributed by atoms with Crippen molar-refractivity contribution in [2.75, 3.05) is 5.32 Å². The zero-order valence-electron chi connectivity index (χ0n) is 11.1. The van der Waals surface area contributed by atoms with Gasteiger partial charge in [-0.2, -0.15) is 0 Å². The summed E-state index contributed by atoms with van der Waals surface area (Å²) in [6, 6.07) is 3.00. The third kappa shape index (κ3) is 2.34. The SMILES string of the molecule is c1nc(NC2CC2)c2cc(C3CCCCC3)sc2n1. The average molecular weight is 273 g/mol. The predicted molar refractivity (Wildman–Crippen MR) is 79.9 cm³/mol. The second kappa shape index (κ2) is 4.75. The van der Waals surface area contributed by atoms with Crippen molar-refractivity contribution in [1.82, 2.24) is 9.97 Å². The van der Waals surface area contributed by atoms with Crippen molar-refractivity contribution in [3.05, 3.63) is 17.3 Å². The first-order valence-electron chi connectivity index (χ1n) is 7.41. The molecule has 0 aromatic carbocycles. The van der Waals surface area contributed by atoms with E-state index in [0.717, 1.165) is 16.6 Å². The van der Waals surface area contributed by atoms with E-state index in [2.05, 4.69) is 21.4 Å². The van der Waals surface area contributed by atoms with Gasteiger partial charge in [0.1, 0.15) is 17.0 Å². The van der Waals surface area contributed by atoms with Gasteiger partial charge >= 0.3 is 0 Å². The molecular weight excluding hydrogens is 254 g/mol. The lowest BCUT2D eigenvalue weighted by Gasteiger charge is -2.19. The van der Waals surface area contributed by atoms with Crippen LogP contribution in [0.2, 0.25) is 0 Å². The van der Waals surface area contributed by atoms with E-state index in [1.165, 1.54) is 55.2 Å². The van der Waals surface area contributed by atoms with Crippen molar-refractivity contribution >= 4 is 27.4 Å². The van der Waals surface area contributed by atoms with E-state index in [4.69, 9.17) is 0 Å². The zero-order chi connectivity index (χ0) is 12.7. The Morgan fingerprint density at radius 1 is 1.05 bits per heavy atom. The first kappa shape index (κ1) is 11.6. The molecule has 2 fully saturated rings. The number of nitrogens with zero attached hydrogens (tertiary/aromatic N) is 2. The monoisotopic (exact) mass is 273 g/mol. The largest absolute Gasteiger partial charge is 0.367 e. The summed E-state index contributed by atoms with van der Waals surface area (Å²) in [4.78, 5) is 11.6.